The molecular weight excluding hydrogens is 652 g/mol. The summed E-state index contributed by atoms with van der Waals surface area (Å²) < 4.78 is 5.43. The summed E-state index contributed by atoms with van der Waals surface area (Å²) in [7, 11) is 0. The molecule has 2 aromatic carbocycles. The molecule has 2 heterocycles. The highest BCUT2D eigenvalue weighted by Crippen LogP contribution is 2.34. The topological polar surface area (TPSA) is 186 Å². The smallest absolute Gasteiger partial charge is 0.410 e. The van der Waals surface area contributed by atoms with Crippen LogP contribution in [0.25, 0.3) is 11.1 Å². The Kier molecular flexibility index (Phi) is 13.3. The van der Waals surface area contributed by atoms with Gasteiger partial charge in [-0.25, -0.2) is 4.79 Å². The zero-order valence-corrected chi connectivity index (χ0v) is 29.6. The number of rotatable bonds is 14. The van der Waals surface area contributed by atoms with Crippen LogP contribution in [0.15, 0.2) is 73.1 Å². The highest BCUT2D eigenvalue weighted by molar-refractivity contribution is 6.05. The Labute approximate surface area is 297 Å². The van der Waals surface area contributed by atoms with Crippen LogP contribution in [-0.2, 0) is 17.8 Å². The van der Waals surface area contributed by atoms with Crippen molar-refractivity contribution in [3.8, 4) is 11.1 Å². The van der Waals surface area contributed by atoms with E-state index in [1.807, 2.05) is 44.2 Å². The van der Waals surface area contributed by atoms with E-state index in [1.165, 1.54) is 11.1 Å². The fraction of sp³-hybridized carbons (Fsp3) is 0.342. The second-order valence-corrected chi connectivity index (χ2v) is 13.1. The lowest BCUT2D eigenvalue weighted by Gasteiger charge is -2.27. The number of aliphatic hydroxyl groups is 3. The fourth-order valence-corrected chi connectivity index (χ4v) is 5.16. The number of ether oxygens (including phenoxy) is 1. The van der Waals surface area contributed by atoms with Crippen molar-refractivity contribution in [3.05, 3.63) is 107 Å². The Morgan fingerprint density at radius 1 is 0.804 bits per heavy atom. The third-order valence-electron chi connectivity index (χ3n) is 7.88. The summed E-state index contributed by atoms with van der Waals surface area (Å²) in [5.74, 6) is -0.774. The highest BCUT2D eigenvalue weighted by Gasteiger charge is 2.22. The van der Waals surface area contributed by atoms with Crippen molar-refractivity contribution >= 4 is 29.3 Å². The number of amides is 3. The van der Waals surface area contributed by atoms with Crippen LogP contribution in [0.1, 0.15) is 64.0 Å². The molecule has 0 radical (unpaired) electrons. The maximum absolute atomic E-state index is 13.2. The minimum absolute atomic E-state index is 0.0892. The summed E-state index contributed by atoms with van der Waals surface area (Å²) in [4.78, 5) is 48.9. The molecule has 4 aromatic rings. The predicted octanol–water partition coefficient (Wildman–Crippen LogP) is 4.44. The molecule has 13 heteroatoms. The van der Waals surface area contributed by atoms with Gasteiger partial charge in [0.15, 0.2) is 0 Å². The maximum atomic E-state index is 13.2. The van der Waals surface area contributed by atoms with E-state index in [0.29, 0.717) is 23.5 Å². The number of aliphatic hydroxyl groups excluding tert-OH is 3. The number of benzene rings is 2. The molecule has 0 fully saturated rings. The second kappa shape index (κ2) is 17.6. The Hall–Kier alpha value is -5.21. The molecule has 2 aromatic heterocycles. The van der Waals surface area contributed by atoms with Crippen LogP contribution in [0.4, 0.5) is 16.2 Å². The molecule has 1 atom stereocenters. The Morgan fingerprint density at radius 2 is 1.33 bits per heavy atom. The molecule has 51 heavy (non-hydrogen) atoms. The quantitative estimate of drug-likeness (QED) is 0.110. The van der Waals surface area contributed by atoms with Gasteiger partial charge in [0.2, 0.25) is 0 Å². The van der Waals surface area contributed by atoms with E-state index in [9.17, 15) is 24.6 Å². The van der Waals surface area contributed by atoms with Crippen molar-refractivity contribution in [2.45, 2.75) is 59.4 Å². The molecule has 13 nitrogen and oxygen atoms in total. The number of nitrogens with zero attached hydrogens (tertiary/aromatic N) is 3. The Morgan fingerprint density at radius 3 is 1.78 bits per heavy atom. The van der Waals surface area contributed by atoms with E-state index in [2.05, 4.69) is 25.9 Å². The minimum Gasteiger partial charge on any atom is -0.444 e. The molecule has 0 bridgehead atoms. The van der Waals surface area contributed by atoms with Gasteiger partial charge in [0.25, 0.3) is 11.8 Å². The van der Waals surface area contributed by atoms with Gasteiger partial charge in [0.1, 0.15) is 17.0 Å². The monoisotopic (exact) mass is 698 g/mol. The predicted molar refractivity (Wildman–Crippen MR) is 194 cm³/mol. The molecule has 6 N–H and O–H groups in total. The Bertz CT molecular complexity index is 1810. The van der Waals surface area contributed by atoms with E-state index in [1.54, 1.807) is 57.3 Å². The van der Waals surface area contributed by atoms with Gasteiger partial charge in [0, 0.05) is 43.4 Å². The Balaban J connectivity index is 1.43. The highest BCUT2D eigenvalue weighted by atomic mass is 16.6. The molecule has 3 amide bonds. The fourth-order valence-electron chi connectivity index (χ4n) is 5.16. The van der Waals surface area contributed by atoms with E-state index >= 15 is 0 Å². The second-order valence-electron chi connectivity index (χ2n) is 13.1. The van der Waals surface area contributed by atoms with Gasteiger partial charge in [-0.1, -0.05) is 36.4 Å². The van der Waals surface area contributed by atoms with Crippen LogP contribution in [0.2, 0.25) is 0 Å². The lowest BCUT2D eigenvalue weighted by Crippen LogP contribution is -2.38. The van der Waals surface area contributed by atoms with Crippen molar-refractivity contribution in [2.24, 2.45) is 0 Å². The van der Waals surface area contributed by atoms with Crippen LogP contribution in [0.3, 0.4) is 0 Å². The molecule has 0 aliphatic carbocycles. The first-order chi connectivity index (χ1) is 24.3. The molecule has 0 saturated carbocycles. The van der Waals surface area contributed by atoms with Crippen molar-refractivity contribution in [2.75, 3.05) is 36.9 Å². The van der Waals surface area contributed by atoms with Gasteiger partial charge < -0.3 is 40.9 Å². The summed E-state index contributed by atoms with van der Waals surface area (Å²) in [5, 5.41) is 36.8. The first-order valence-electron chi connectivity index (χ1n) is 16.6. The number of carbonyl (C=O) groups is 3. The molecule has 0 aliphatic rings. The first kappa shape index (κ1) is 38.6. The molecule has 4 rings (SSSR count). The average Bonchev–Trinajstić information content (AvgIpc) is 3.09. The minimum atomic E-state index is -0.843. The van der Waals surface area contributed by atoms with E-state index < -0.39 is 23.7 Å². The number of aromatic nitrogens is 2. The van der Waals surface area contributed by atoms with Crippen molar-refractivity contribution in [1.82, 2.24) is 20.2 Å². The molecule has 0 saturated heterocycles. The van der Waals surface area contributed by atoms with Crippen molar-refractivity contribution in [3.63, 3.8) is 0 Å². The average molecular weight is 699 g/mol. The SMILES string of the molecule is Cc1c(NC(=O)c2ccc(CNC[C@H](O)CO)cn2)cccc1-c1cccc(NC(=O)c2ccc(CN(CCO)C(=O)OC(C)(C)C)cn2)c1C. The number of anilines is 2. The van der Waals surface area contributed by atoms with Gasteiger partial charge in [-0.15, -0.1) is 0 Å². The van der Waals surface area contributed by atoms with E-state index in [0.717, 1.165) is 27.8 Å². The third-order valence-corrected chi connectivity index (χ3v) is 7.88. The van der Waals surface area contributed by atoms with Crippen LogP contribution >= 0.6 is 0 Å². The van der Waals surface area contributed by atoms with Gasteiger partial charge in [0.05, 0.1) is 25.9 Å². The summed E-state index contributed by atoms with van der Waals surface area (Å²) >= 11 is 0. The van der Waals surface area contributed by atoms with Crippen LogP contribution in [0, 0.1) is 13.8 Å². The molecular formula is C38H46N6O7. The molecule has 0 spiro atoms. The maximum Gasteiger partial charge on any atom is 0.410 e. The third kappa shape index (κ3) is 10.9. The largest absolute Gasteiger partial charge is 0.444 e. The number of pyridine rings is 2. The summed E-state index contributed by atoms with van der Waals surface area (Å²) in [6.45, 7) is 9.48. The normalized spacial score (nSPS) is 11.8. The number of hydrogen-bond donors (Lipinski definition) is 6. The lowest BCUT2D eigenvalue weighted by atomic mass is 9.94. The number of carbonyl (C=O) groups excluding carboxylic acids is 3. The zero-order valence-electron chi connectivity index (χ0n) is 29.6. The van der Waals surface area contributed by atoms with E-state index in [-0.39, 0.29) is 50.1 Å². The van der Waals surface area contributed by atoms with Gasteiger partial charge in [-0.3, -0.25) is 19.6 Å². The number of hydrogen-bond acceptors (Lipinski definition) is 10. The lowest BCUT2D eigenvalue weighted by molar-refractivity contribution is 0.0201. The van der Waals surface area contributed by atoms with Gasteiger partial charge >= 0.3 is 6.09 Å². The van der Waals surface area contributed by atoms with E-state index in [4.69, 9.17) is 9.84 Å². The van der Waals surface area contributed by atoms with Gasteiger partial charge in [-0.05, 0) is 92.3 Å². The summed E-state index contributed by atoms with van der Waals surface area (Å²) in [6, 6.07) is 17.9. The number of nitrogens with one attached hydrogen (secondary N) is 3. The van der Waals surface area contributed by atoms with Crippen LogP contribution in [-0.4, -0.2) is 86.1 Å². The first-order valence-corrected chi connectivity index (χ1v) is 16.6. The summed E-state index contributed by atoms with van der Waals surface area (Å²) in [6.07, 6.45) is 1.71. The zero-order chi connectivity index (χ0) is 37.1. The van der Waals surface area contributed by atoms with Crippen molar-refractivity contribution in [1.29, 1.82) is 0 Å². The molecule has 270 valence electrons. The van der Waals surface area contributed by atoms with Crippen LogP contribution < -0.4 is 16.0 Å². The standard InChI is InChI=1S/C38H46N6O7/c1-24-29(8-6-10-31(24)42-35(48)33-14-12-26(19-40-33)18-39-21-28(47)23-46)30-9-7-11-32(25(30)2)43-36(49)34-15-13-27(20-41-34)22-44(16-17-45)37(50)51-38(3,4)5/h6-15,19-20,28,39,45-47H,16-18,21-23H2,1-5H3,(H,42,48)(H,43,49)/t28-/m0/s1. The van der Waals surface area contributed by atoms with Gasteiger partial charge in [-0.2, -0.15) is 0 Å². The molecule has 0 unspecified atom stereocenters. The van der Waals surface area contributed by atoms with Crippen molar-refractivity contribution < 1.29 is 34.4 Å². The summed E-state index contributed by atoms with van der Waals surface area (Å²) in [5.41, 5.74) is 5.86. The van der Waals surface area contributed by atoms with Crippen LogP contribution in [0.5, 0.6) is 0 Å². The molecule has 0 aliphatic heterocycles.